The molecule has 1 fully saturated rings. The Morgan fingerprint density at radius 3 is 2.88 bits per heavy atom. The fourth-order valence-corrected chi connectivity index (χ4v) is 1.96. The van der Waals surface area contributed by atoms with Crippen LogP contribution in [-0.2, 0) is 4.79 Å². The van der Waals surface area contributed by atoms with Crippen molar-refractivity contribution in [1.29, 1.82) is 0 Å². The monoisotopic (exact) mass is 229 g/mol. The molecule has 0 aromatic rings. The molecule has 0 aromatic carbocycles. The lowest BCUT2D eigenvalue weighted by atomic mass is 10.1. The van der Waals surface area contributed by atoms with E-state index in [1.807, 2.05) is 6.92 Å². The fourth-order valence-electron chi connectivity index (χ4n) is 1.96. The molecule has 1 aliphatic rings. The number of carbonyl (C=O) groups is 1. The van der Waals surface area contributed by atoms with Crippen LogP contribution >= 0.6 is 0 Å². The maximum atomic E-state index is 12.0. The smallest absolute Gasteiger partial charge is 0.240 e. The van der Waals surface area contributed by atoms with Crippen molar-refractivity contribution < 1.29 is 9.90 Å². The van der Waals surface area contributed by atoms with Crippen LogP contribution in [0.2, 0.25) is 0 Å². The van der Waals surface area contributed by atoms with Crippen LogP contribution in [0.4, 0.5) is 0 Å². The molecule has 16 heavy (non-hydrogen) atoms. The molecular weight excluding hydrogens is 206 g/mol. The molecule has 2 atom stereocenters. The number of aliphatic hydroxyl groups is 1. The quantitative estimate of drug-likeness (QED) is 0.648. The van der Waals surface area contributed by atoms with Gasteiger partial charge >= 0.3 is 0 Å². The molecule has 0 spiro atoms. The van der Waals surface area contributed by atoms with E-state index in [9.17, 15) is 4.79 Å². The highest BCUT2D eigenvalue weighted by Gasteiger charge is 2.30. The average Bonchev–Trinajstić information content (AvgIpc) is 2.28. The fraction of sp³-hybridized carbons (Fsp3) is 0.909. The second-order valence-corrected chi connectivity index (χ2v) is 4.74. The van der Waals surface area contributed by atoms with Crippen molar-refractivity contribution in [3.05, 3.63) is 0 Å². The molecule has 0 saturated carbocycles. The highest BCUT2D eigenvalue weighted by atomic mass is 16.3. The summed E-state index contributed by atoms with van der Waals surface area (Å²) < 4.78 is 0. The van der Waals surface area contributed by atoms with Crippen molar-refractivity contribution >= 4 is 5.91 Å². The van der Waals surface area contributed by atoms with Crippen molar-refractivity contribution in [2.24, 2.45) is 5.92 Å². The third-order valence-electron chi connectivity index (χ3n) is 2.94. The van der Waals surface area contributed by atoms with Crippen LogP contribution in [-0.4, -0.2) is 73.7 Å². The van der Waals surface area contributed by atoms with Gasteiger partial charge in [-0.1, -0.05) is 6.92 Å². The molecule has 0 bridgehead atoms. The first kappa shape index (κ1) is 13.4. The third-order valence-corrected chi connectivity index (χ3v) is 2.94. The van der Waals surface area contributed by atoms with E-state index in [2.05, 4.69) is 10.2 Å². The Morgan fingerprint density at radius 2 is 2.31 bits per heavy atom. The number of piperazine rings is 1. The molecule has 2 unspecified atom stereocenters. The Morgan fingerprint density at radius 1 is 1.62 bits per heavy atom. The van der Waals surface area contributed by atoms with Gasteiger partial charge < -0.3 is 15.3 Å². The summed E-state index contributed by atoms with van der Waals surface area (Å²) >= 11 is 0. The molecule has 0 aromatic heterocycles. The number of aliphatic hydroxyl groups excluding tert-OH is 1. The van der Waals surface area contributed by atoms with Crippen molar-refractivity contribution in [2.45, 2.75) is 13.0 Å². The Labute approximate surface area is 97.4 Å². The second kappa shape index (κ2) is 6.18. The SMILES string of the molecule is CC(CO)CN1CCNCC1C(=O)N(C)C. The number of amides is 1. The molecular formula is C11H23N3O2. The van der Waals surface area contributed by atoms with E-state index in [0.717, 1.165) is 19.6 Å². The molecule has 1 aliphatic heterocycles. The summed E-state index contributed by atoms with van der Waals surface area (Å²) in [6.45, 7) is 5.44. The van der Waals surface area contributed by atoms with Gasteiger partial charge in [-0.2, -0.15) is 0 Å². The van der Waals surface area contributed by atoms with E-state index < -0.39 is 0 Å². The summed E-state index contributed by atoms with van der Waals surface area (Å²) in [4.78, 5) is 15.8. The minimum atomic E-state index is -0.0854. The van der Waals surface area contributed by atoms with Crippen molar-refractivity contribution in [1.82, 2.24) is 15.1 Å². The predicted molar refractivity (Wildman–Crippen MR) is 63.2 cm³/mol. The standard InChI is InChI=1S/C11H23N3O2/c1-9(8-15)7-14-5-4-12-6-10(14)11(16)13(2)3/h9-10,12,15H,4-8H2,1-3H3. The molecule has 0 aliphatic carbocycles. The zero-order chi connectivity index (χ0) is 12.1. The normalized spacial score (nSPS) is 24.1. The first-order valence-corrected chi connectivity index (χ1v) is 5.83. The van der Waals surface area contributed by atoms with Gasteiger partial charge in [-0.25, -0.2) is 0 Å². The van der Waals surface area contributed by atoms with Crippen LogP contribution < -0.4 is 5.32 Å². The molecule has 1 rings (SSSR count). The minimum Gasteiger partial charge on any atom is -0.396 e. The molecule has 1 heterocycles. The van der Waals surface area contributed by atoms with Gasteiger partial charge in [0.15, 0.2) is 0 Å². The highest BCUT2D eigenvalue weighted by Crippen LogP contribution is 2.09. The van der Waals surface area contributed by atoms with Gasteiger partial charge in [-0.15, -0.1) is 0 Å². The van der Waals surface area contributed by atoms with E-state index in [-0.39, 0.29) is 24.5 Å². The summed E-state index contributed by atoms with van der Waals surface area (Å²) in [6, 6.07) is -0.0854. The third kappa shape index (κ3) is 3.43. The number of rotatable bonds is 4. The summed E-state index contributed by atoms with van der Waals surface area (Å²) in [5.41, 5.74) is 0. The van der Waals surface area contributed by atoms with E-state index >= 15 is 0 Å². The van der Waals surface area contributed by atoms with Crippen LogP contribution in [0.3, 0.4) is 0 Å². The minimum absolute atomic E-state index is 0.0854. The molecule has 1 saturated heterocycles. The van der Waals surface area contributed by atoms with E-state index in [1.54, 1.807) is 19.0 Å². The van der Waals surface area contributed by atoms with E-state index in [1.165, 1.54) is 0 Å². The van der Waals surface area contributed by atoms with Gasteiger partial charge in [0.2, 0.25) is 5.91 Å². The van der Waals surface area contributed by atoms with Crippen LogP contribution in [0.25, 0.3) is 0 Å². The van der Waals surface area contributed by atoms with Crippen LogP contribution in [0, 0.1) is 5.92 Å². The zero-order valence-electron chi connectivity index (χ0n) is 10.4. The molecule has 94 valence electrons. The van der Waals surface area contributed by atoms with Gasteiger partial charge in [0.05, 0.1) is 0 Å². The number of hydrogen-bond acceptors (Lipinski definition) is 4. The van der Waals surface area contributed by atoms with Crippen LogP contribution in [0.5, 0.6) is 0 Å². The van der Waals surface area contributed by atoms with Crippen molar-refractivity contribution in [2.75, 3.05) is 46.9 Å². The van der Waals surface area contributed by atoms with E-state index in [0.29, 0.717) is 6.54 Å². The summed E-state index contributed by atoms with van der Waals surface area (Å²) in [6.07, 6.45) is 0. The highest BCUT2D eigenvalue weighted by molar-refractivity contribution is 5.81. The number of nitrogens with zero attached hydrogens (tertiary/aromatic N) is 2. The van der Waals surface area contributed by atoms with Gasteiger partial charge in [-0.05, 0) is 5.92 Å². The van der Waals surface area contributed by atoms with Gasteiger partial charge in [0.25, 0.3) is 0 Å². The maximum Gasteiger partial charge on any atom is 0.240 e. The largest absolute Gasteiger partial charge is 0.396 e. The molecule has 0 radical (unpaired) electrons. The summed E-state index contributed by atoms with van der Waals surface area (Å²) in [5, 5.41) is 12.3. The zero-order valence-corrected chi connectivity index (χ0v) is 10.4. The Kier molecular flexibility index (Phi) is 5.18. The first-order chi connectivity index (χ1) is 7.56. The second-order valence-electron chi connectivity index (χ2n) is 4.74. The van der Waals surface area contributed by atoms with Crippen molar-refractivity contribution in [3.63, 3.8) is 0 Å². The molecule has 1 amide bonds. The Bertz CT molecular complexity index is 233. The maximum absolute atomic E-state index is 12.0. The van der Waals surface area contributed by atoms with Crippen molar-refractivity contribution in [3.8, 4) is 0 Å². The van der Waals surface area contributed by atoms with Crippen LogP contribution in [0.15, 0.2) is 0 Å². The first-order valence-electron chi connectivity index (χ1n) is 5.83. The molecule has 5 nitrogen and oxygen atoms in total. The number of nitrogens with one attached hydrogen (secondary N) is 1. The Hall–Kier alpha value is -0.650. The van der Waals surface area contributed by atoms with Gasteiger partial charge in [0, 0.05) is 46.9 Å². The topological polar surface area (TPSA) is 55.8 Å². The predicted octanol–water partition coefficient (Wildman–Crippen LogP) is -1.02. The summed E-state index contributed by atoms with van der Waals surface area (Å²) in [7, 11) is 3.56. The van der Waals surface area contributed by atoms with Gasteiger partial charge in [0.1, 0.15) is 6.04 Å². The number of carbonyl (C=O) groups excluding carboxylic acids is 1. The number of likely N-dealkylation sites (N-methyl/N-ethyl adjacent to an activating group) is 1. The lowest BCUT2D eigenvalue weighted by Crippen LogP contribution is -2.58. The van der Waals surface area contributed by atoms with Gasteiger partial charge in [-0.3, -0.25) is 9.69 Å². The number of hydrogen-bond donors (Lipinski definition) is 2. The van der Waals surface area contributed by atoms with E-state index in [4.69, 9.17) is 5.11 Å². The summed E-state index contributed by atoms with van der Waals surface area (Å²) in [5.74, 6) is 0.355. The molecule has 5 heteroatoms. The Balaban J connectivity index is 2.60. The lowest BCUT2D eigenvalue weighted by molar-refractivity contribution is -0.135. The average molecular weight is 229 g/mol. The van der Waals surface area contributed by atoms with Crippen LogP contribution in [0.1, 0.15) is 6.92 Å². The molecule has 2 N–H and O–H groups in total. The lowest BCUT2D eigenvalue weighted by Gasteiger charge is -2.37.